The highest BCUT2D eigenvalue weighted by Gasteiger charge is 2.54. The van der Waals surface area contributed by atoms with Gasteiger partial charge in [-0.3, -0.25) is 4.79 Å². The molecular weight excluding hydrogens is 808 g/mol. The first kappa shape index (κ1) is 43.2. The van der Waals surface area contributed by atoms with Crippen molar-refractivity contribution in [1.29, 1.82) is 0 Å². The van der Waals surface area contributed by atoms with E-state index in [9.17, 15) is 70.6 Å². The summed E-state index contributed by atoms with van der Waals surface area (Å²) in [6.07, 6.45) is -19.3. The van der Waals surface area contributed by atoms with Crippen molar-refractivity contribution in [3.8, 4) is 57.3 Å². The van der Waals surface area contributed by atoms with Gasteiger partial charge in [0.25, 0.3) is 0 Å². The van der Waals surface area contributed by atoms with Crippen molar-refractivity contribution in [3.63, 3.8) is 0 Å². The predicted octanol–water partition coefficient (Wildman–Crippen LogP) is -0.635. The Morgan fingerprint density at radius 1 is 0.767 bits per heavy atom. The SMILES string of the molecule is COc1cc(/C=C/C(=O)O[C@H]2[C@H](O[C@H]3[C@@H](Oc4c(-c5ccc(O)c(O)c5)oc5cc(O)c(OC)c(O)c5c4=O)O[C@H](CO)[C@@H](O)[C@@H]3O)O[C@@H](C(=O)O)[C@@H](O)[C@@H]2O)ccc1O. The Morgan fingerprint density at radius 2 is 1.47 bits per heavy atom. The van der Waals surface area contributed by atoms with E-state index >= 15 is 0 Å². The molecule has 2 aliphatic heterocycles. The van der Waals surface area contributed by atoms with Gasteiger partial charge in [-0.15, -0.1) is 0 Å². The molecule has 10 atom stereocenters. The molecule has 0 aliphatic carbocycles. The van der Waals surface area contributed by atoms with Crippen molar-refractivity contribution in [1.82, 2.24) is 0 Å². The van der Waals surface area contributed by atoms with E-state index in [4.69, 9.17) is 37.6 Å². The van der Waals surface area contributed by atoms with Gasteiger partial charge in [0.15, 0.2) is 64.9 Å². The third-order valence-electron chi connectivity index (χ3n) is 9.50. The topological polar surface area (TPSA) is 351 Å². The average Bonchev–Trinajstić information content (AvgIpc) is 3.21. The first-order valence-corrected chi connectivity index (χ1v) is 17.6. The zero-order chi connectivity index (χ0) is 43.7. The molecular formula is C38H38O22. The maximum absolute atomic E-state index is 14.2. The third-order valence-corrected chi connectivity index (χ3v) is 9.50. The number of aliphatic carboxylic acids is 1. The van der Waals surface area contributed by atoms with Crippen LogP contribution in [0.3, 0.4) is 0 Å². The fourth-order valence-electron chi connectivity index (χ4n) is 6.43. The number of aromatic hydroxyl groups is 5. The van der Waals surface area contributed by atoms with E-state index in [1.165, 1.54) is 31.4 Å². The molecule has 11 N–H and O–H groups in total. The second kappa shape index (κ2) is 17.5. The van der Waals surface area contributed by atoms with Gasteiger partial charge in [-0.2, -0.15) is 0 Å². The summed E-state index contributed by atoms with van der Waals surface area (Å²) >= 11 is 0. The Bertz CT molecular complexity index is 2340. The number of fused-ring (bicyclic) bond motifs is 1. The Hall–Kier alpha value is -6.37. The molecule has 2 aliphatic rings. The molecule has 60 heavy (non-hydrogen) atoms. The molecule has 0 saturated carbocycles. The summed E-state index contributed by atoms with van der Waals surface area (Å²) in [5.74, 6) is -8.14. The molecule has 0 amide bonds. The van der Waals surface area contributed by atoms with Crippen LogP contribution in [-0.4, -0.2) is 150 Å². The smallest absolute Gasteiger partial charge is 0.335 e. The molecule has 22 heteroatoms. The molecule has 0 radical (unpaired) electrons. The monoisotopic (exact) mass is 846 g/mol. The Balaban J connectivity index is 1.42. The van der Waals surface area contributed by atoms with Crippen LogP contribution >= 0.6 is 0 Å². The number of hydrogen-bond donors (Lipinski definition) is 11. The summed E-state index contributed by atoms with van der Waals surface area (Å²) in [6.45, 7) is -0.988. The van der Waals surface area contributed by atoms with Crippen molar-refractivity contribution >= 4 is 29.0 Å². The fourth-order valence-corrected chi connectivity index (χ4v) is 6.43. The maximum atomic E-state index is 14.2. The number of carboxylic acids is 1. The van der Waals surface area contributed by atoms with Crippen LogP contribution in [0.25, 0.3) is 28.4 Å². The zero-order valence-electron chi connectivity index (χ0n) is 31.1. The number of phenolic OH excluding ortho intramolecular Hbond substituents is 5. The number of phenols is 5. The summed E-state index contributed by atoms with van der Waals surface area (Å²) in [7, 11) is 2.36. The average molecular weight is 847 g/mol. The van der Waals surface area contributed by atoms with Gasteiger partial charge in [0.1, 0.15) is 41.5 Å². The Labute approximate surface area is 336 Å². The number of benzene rings is 3. The molecule has 0 unspecified atom stereocenters. The first-order valence-electron chi connectivity index (χ1n) is 17.6. The molecule has 322 valence electrons. The minimum atomic E-state index is -2.26. The first-order chi connectivity index (χ1) is 28.5. The normalized spacial score (nSPS) is 26.8. The van der Waals surface area contributed by atoms with Crippen LogP contribution in [0.5, 0.6) is 46.0 Å². The lowest BCUT2D eigenvalue weighted by Crippen LogP contribution is -2.66. The number of ether oxygens (including phenoxy) is 7. The van der Waals surface area contributed by atoms with Crippen LogP contribution in [0.2, 0.25) is 0 Å². The lowest BCUT2D eigenvalue weighted by Gasteiger charge is -2.45. The van der Waals surface area contributed by atoms with Crippen molar-refractivity contribution in [2.75, 3.05) is 20.8 Å². The van der Waals surface area contributed by atoms with Crippen LogP contribution in [0, 0.1) is 0 Å². The summed E-state index contributed by atoms with van der Waals surface area (Å²) < 4.78 is 44.1. The van der Waals surface area contributed by atoms with Gasteiger partial charge in [-0.1, -0.05) is 6.07 Å². The molecule has 1 aromatic heterocycles. The van der Waals surface area contributed by atoms with E-state index in [-0.39, 0.29) is 17.1 Å². The summed E-state index contributed by atoms with van der Waals surface area (Å²) in [5, 5.41) is 115. The van der Waals surface area contributed by atoms with Gasteiger partial charge < -0.3 is 93.7 Å². The summed E-state index contributed by atoms with van der Waals surface area (Å²) in [6, 6.07) is 8.02. The molecule has 3 heterocycles. The van der Waals surface area contributed by atoms with Gasteiger partial charge in [-0.05, 0) is 42.0 Å². The number of carboxylic acid groups (broad SMARTS) is 1. The van der Waals surface area contributed by atoms with Gasteiger partial charge in [-0.25, -0.2) is 9.59 Å². The number of aliphatic hydroxyl groups is 5. The van der Waals surface area contributed by atoms with E-state index in [2.05, 4.69) is 0 Å². The van der Waals surface area contributed by atoms with Crippen molar-refractivity contribution in [2.24, 2.45) is 0 Å². The van der Waals surface area contributed by atoms with Crippen LogP contribution < -0.4 is 19.6 Å². The molecule has 4 aromatic rings. The molecule has 2 fully saturated rings. The zero-order valence-corrected chi connectivity index (χ0v) is 31.1. The second-order valence-electron chi connectivity index (χ2n) is 13.3. The van der Waals surface area contributed by atoms with Crippen LogP contribution in [-0.2, 0) is 28.5 Å². The molecule has 22 nitrogen and oxygen atoms in total. The molecule has 6 rings (SSSR count). The number of aliphatic hydroxyl groups excluding tert-OH is 5. The van der Waals surface area contributed by atoms with E-state index in [0.29, 0.717) is 5.56 Å². The van der Waals surface area contributed by atoms with E-state index in [0.717, 1.165) is 37.5 Å². The number of esters is 1. The number of hydrogen-bond acceptors (Lipinski definition) is 21. The fraction of sp³-hybridized carbons (Fsp3) is 0.342. The second-order valence-corrected chi connectivity index (χ2v) is 13.3. The lowest BCUT2D eigenvalue weighted by molar-refractivity contribution is -0.354. The number of carbonyl (C=O) groups excluding carboxylic acids is 1. The highest BCUT2D eigenvalue weighted by molar-refractivity contribution is 5.91. The number of carbonyl (C=O) groups is 2. The van der Waals surface area contributed by atoms with Crippen LogP contribution in [0.1, 0.15) is 5.56 Å². The van der Waals surface area contributed by atoms with Gasteiger partial charge >= 0.3 is 11.9 Å². The van der Waals surface area contributed by atoms with E-state index < -0.39 is 137 Å². The van der Waals surface area contributed by atoms with Crippen LogP contribution in [0.15, 0.2) is 57.8 Å². The highest BCUT2D eigenvalue weighted by Crippen LogP contribution is 2.45. The van der Waals surface area contributed by atoms with Crippen molar-refractivity contribution < 1.29 is 103 Å². The van der Waals surface area contributed by atoms with Gasteiger partial charge in [0.05, 0.1) is 20.8 Å². The molecule has 0 bridgehead atoms. The highest BCUT2D eigenvalue weighted by atomic mass is 16.8. The molecule has 2 saturated heterocycles. The van der Waals surface area contributed by atoms with Gasteiger partial charge in [0.2, 0.25) is 23.2 Å². The Morgan fingerprint density at radius 3 is 2.12 bits per heavy atom. The summed E-state index contributed by atoms with van der Waals surface area (Å²) in [5.41, 5.74) is -1.54. The molecule has 0 spiro atoms. The minimum Gasteiger partial charge on any atom is -0.504 e. The largest absolute Gasteiger partial charge is 0.504 e. The lowest BCUT2D eigenvalue weighted by atomic mass is 9.97. The van der Waals surface area contributed by atoms with Crippen LogP contribution in [0.4, 0.5) is 0 Å². The van der Waals surface area contributed by atoms with Crippen molar-refractivity contribution in [2.45, 2.75) is 61.4 Å². The minimum absolute atomic E-state index is 0.0548. The van der Waals surface area contributed by atoms with E-state index in [1.54, 1.807) is 0 Å². The van der Waals surface area contributed by atoms with Crippen molar-refractivity contribution in [3.05, 3.63) is 64.3 Å². The summed E-state index contributed by atoms with van der Waals surface area (Å²) in [4.78, 5) is 39.4. The Kier molecular flexibility index (Phi) is 12.6. The predicted molar refractivity (Wildman–Crippen MR) is 196 cm³/mol. The quantitative estimate of drug-likeness (QED) is 0.0480. The molecule has 3 aromatic carbocycles. The standard InChI is InChI=1S/C38H38O22/c1-53-19-9-13(3-6-16(19)41)4-8-22(44)57-34-29(50)28(49)33(36(51)52)59-38(34)60-35-27(48)24(45)21(12-39)56-37(35)58-32-26(47)23-20(11-18(43)31(54-2)25(23)46)55-30(32)14-5-7-15(40)17(42)10-14/h3-11,21,24,27-29,33-35,37-43,45-46,48-50H,12H2,1-2H3,(H,51,52)/b8-4+/t21-,24-,27+,28+,29+,33-,34-,35-,37-,38+/m1/s1. The van der Waals surface area contributed by atoms with Gasteiger partial charge in [0, 0.05) is 17.7 Å². The number of rotatable bonds is 12. The maximum Gasteiger partial charge on any atom is 0.335 e. The van der Waals surface area contributed by atoms with E-state index in [1.807, 2.05) is 0 Å². The number of methoxy groups -OCH3 is 2. The third kappa shape index (κ3) is 8.25.